The molecule has 3 rings (SSSR count). The van der Waals surface area contributed by atoms with E-state index in [1.807, 2.05) is 78.9 Å². The molecule has 0 fully saturated rings. The maximum absolute atomic E-state index is 11.4. The summed E-state index contributed by atoms with van der Waals surface area (Å²) in [6.07, 6.45) is 4.80. The van der Waals surface area contributed by atoms with Crippen LogP contribution in [0, 0.1) is 0 Å². The number of ether oxygens (including phenoxy) is 1. The lowest BCUT2D eigenvalue weighted by atomic mass is 10.0. The fourth-order valence-electron chi connectivity index (χ4n) is 2.41. The van der Waals surface area contributed by atoms with E-state index >= 15 is 0 Å². The molecule has 0 heterocycles. The van der Waals surface area contributed by atoms with Gasteiger partial charge in [0, 0.05) is 0 Å². The minimum atomic E-state index is 0.425. The molecule has 0 aliphatic heterocycles. The summed E-state index contributed by atoms with van der Waals surface area (Å²) in [6.45, 7) is 0.425. The molecule has 0 unspecified atom stereocenters. The van der Waals surface area contributed by atoms with Gasteiger partial charge in [-0.05, 0) is 28.5 Å². The molecule has 0 spiro atoms. The Morgan fingerprint density at radius 1 is 0.864 bits per heavy atom. The normalized spacial score (nSPS) is 10.9. The highest BCUT2D eigenvalue weighted by Crippen LogP contribution is 2.26. The molecule has 0 aromatic heterocycles. The van der Waals surface area contributed by atoms with Crippen molar-refractivity contribution in [3.63, 3.8) is 0 Å². The maximum Gasteiger partial charge on any atom is 0.154 e. The van der Waals surface area contributed by atoms with Crippen molar-refractivity contribution in [1.29, 1.82) is 0 Å². The van der Waals surface area contributed by atoms with E-state index in [2.05, 4.69) is 0 Å². The van der Waals surface area contributed by atoms with Gasteiger partial charge in [0.15, 0.2) is 6.29 Å². The van der Waals surface area contributed by atoms with Crippen molar-refractivity contribution in [3.8, 4) is 5.75 Å². The average Bonchev–Trinajstić information content (AvgIpc) is 2.59. The smallest absolute Gasteiger partial charge is 0.154 e. The molecule has 2 heteroatoms. The summed E-state index contributed by atoms with van der Waals surface area (Å²) in [6, 6.07) is 21.7. The topological polar surface area (TPSA) is 26.3 Å². The van der Waals surface area contributed by atoms with Crippen LogP contribution in [0.15, 0.2) is 72.8 Å². The van der Waals surface area contributed by atoms with E-state index in [1.54, 1.807) is 0 Å². The zero-order chi connectivity index (χ0) is 15.2. The number of aldehydes is 1. The standard InChI is InChI=1S/C20H16O2/c21-15-19-18-11-5-4-10-17(18)12-13-20(19)22-14-6-9-16-7-2-1-3-8-16/h1-13,15H,14H2/b9-6+. The minimum absolute atomic E-state index is 0.425. The summed E-state index contributed by atoms with van der Waals surface area (Å²) in [5.41, 5.74) is 1.73. The van der Waals surface area contributed by atoms with E-state index in [1.165, 1.54) is 0 Å². The number of carbonyl (C=O) groups excluding carboxylic acids is 1. The lowest BCUT2D eigenvalue weighted by Crippen LogP contribution is -1.97. The van der Waals surface area contributed by atoms with Crippen molar-refractivity contribution in [3.05, 3.63) is 83.9 Å². The second kappa shape index (κ2) is 6.72. The molecule has 0 aliphatic rings. The zero-order valence-electron chi connectivity index (χ0n) is 12.1. The van der Waals surface area contributed by atoms with Gasteiger partial charge in [-0.25, -0.2) is 0 Å². The summed E-state index contributed by atoms with van der Waals surface area (Å²) in [5.74, 6) is 0.617. The van der Waals surface area contributed by atoms with Gasteiger partial charge in [-0.1, -0.05) is 66.7 Å². The Bertz CT molecular complexity index is 804. The van der Waals surface area contributed by atoms with Gasteiger partial charge in [0.05, 0.1) is 5.56 Å². The van der Waals surface area contributed by atoms with Gasteiger partial charge >= 0.3 is 0 Å². The van der Waals surface area contributed by atoms with Gasteiger partial charge in [0.1, 0.15) is 12.4 Å². The Balaban J connectivity index is 1.77. The lowest BCUT2D eigenvalue weighted by Gasteiger charge is -2.09. The maximum atomic E-state index is 11.4. The Kier molecular flexibility index (Phi) is 4.30. The Labute approximate surface area is 129 Å². The van der Waals surface area contributed by atoms with Crippen LogP contribution in [-0.4, -0.2) is 12.9 Å². The molecule has 3 aromatic carbocycles. The first-order valence-corrected chi connectivity index (χ1v) is 7.20. The first-order valence-electron chi connectivity index (χ1n) is 7.20. The van der Waals surface area contributed by atoms with Gasteiger partial charge in [-0.2, -0.15) is 0 Å². The van der Waals surface area contributed by atoms with Crippen molar-refractivity contribution >= 4 is 23.1 Å². The second-order valence-corrected chi connectivity index (χ2v) is 4.94. The second-order valence-electron chi connectivity index (χ2n) is 4.94. The van der Waals surface area contributed by atoms with E-state index in [0.29, 0.717) is 17.9 Å². The molecule has 0 aliphatic carbocycles. The highest BCUT2D eigenvalue weighted by atomic mass is 16.5. The lowest BCUT2D eigenvalue weighted by molar-refractivity contribution is 0.112. The largest absolute Gasteiger partial charge is 0.489 e. The number of hydrogen-bond donors (Lipinski definition) is 0. The van der Waals surface area contributed by atoms with E-state index in [0.717, 1.165) is 22.6 Å². The van der Waals surface area contributed by atoms with E-state index in [-0.39, 0.29) is 0 Å². The van der Waals surface area contributed by atoms with E-state index in [9.17, 15) is 4.79 Å². The van der Waals surface area contributed by atoms with Crippen LogP contribution in [0.4, 0.5) is 0 Å². The number of carbonyl (C=O) groups is 1. The predicted molar refractivity (Wildman–Crippen MR) is 90.3 cm³/mol. The number of hydrogen-bond acceptors (Lipinski definition) is 2. The van der Waals surface area contributed by atoms with E-state index < -0.39 is 0 Å². The molecule has 0 atom stereocenters. The molecule has 2 nitrogen and oxygen atoms in total. The summed E-state index contributed by atoms with van der Waals surface area (Å²) in [4.78, 5) is 11.4. The molecule has 0 saturated heterocycles. The molecule has 3 aromatic rings. The van der Waals surface area contributed by atoms with Crippen LogP contribution < -0.4 is 4.74 Å². The molecule has 0 radical (unpaired) electrons. The van der Waals surface area contributed by atoms with Gasteiger partial charge in [-0.15, -0.1) is 0 Å². The Hall–Kier alpha value is -2.87. The average molecular weight is 288 g/mol. The molecule has 0 amide bonds. The van der Waals surface area contributed by atoms with Crippen LogP contribution in [0.1, 0.15) is 15.9 Å². The first kappa shape index (κ1) is 14.1. The van der Waals surface area contributed by atoms with Gasteiger partial charge in [0.2, 0.25) is 0 Å². The van der Waals surface area contributed by atoms with Crippen molar-refractivity contribution in [2.45, 2.75) is 0 Å². The van der Waals surface area contributed by atoms with Gasteiger partial charge in [-0.3, -0.25) is 4.79 Å². The minimum Gasteiger partial charge on any atom is -0.489 e. The van der Waals surface area contributed by atoms with Crippen molar-refractivity contribution in [2.75, 3.05) is 6.61 Å². The van der Waals surface area contributed by atoms with Gasteiger partial charge in [0.25, 0.3) is 0 Å². The zero-order valence-corrected chi connectivity index (χ0v) is 12.1. The molecule has 108 valence electrons. The highest BCUT2D eigenvalue weighted by molar-refractivity contribution is 6.00. The third-order valence-corrected chi connectivity index (χ3v) is 3.49. The summed E-state index contributed by atoms with van der Waals surface area (Å²) in [7, 11) is 0. The number of rotatable bonds is 5. The van der Waals surface area contributed by atoms with Crippen molar-refractivity contribution < 1.29 is 9.53 Å². The monoisotopic (exact) mass is 288 g/mol. The first-order chi connectivity index (χ1) is 10.9. The molecule has 0 saturated carbocycles. The summed E-state index contributed by atoms with van der Waals surface area (Å²) in [5, 5.41) is 1.96. The van der Waals surface area contributed by atoms with Crippen LogP contribution in [0.5, 0.6) is 5.75 Å². The Morgan fingerprint density at radius 2 is 1.64 bits per heavy atom. The van der Waals surface area contributed by atoms with E-state index in [4.69, 9.17) is 4.74 Å². The third kappa shape index (κ3) is 3.07. The van der Waals surface area contributed by atoms with Crippen LogP contribution in [0.25, 0.3) is 16.8 Å². The molecule has 0 bridgehead atoms. The SMILES string of the molecule is O=Cc1c(OC/C=C/c2ccccc2)ccc2ccccc12. The third-order valence-electron chi connectivity index (χ3n) is 3.49. The summed E-state index contributed by atoms with van der Waals surface area (Å²) >= 11 is 0. The fourth-order valence-corrected chi connectivity index (χ4v) is 2.41. The summed E-state index contributed by atoms with van der Waals surface area (Å²) < 4.78 is 5.74. The van der Waals surface area contributed by atoms with Crippen LogP contribution in [0.3, 0.4) is 0 Å². The predicted octanol–water partition coefficient (Wildman–Crippen LogP) is 4.74. The number of fused-ring (bicyclic) bond motifs is 1. The molecular weight excluding hydrogens is 272 g/mol. The molecule has 22 heavy (non-hydrogen) atoms. The molecule has 0 N–H and O–H groups in total. The van der Waals surface area contributed by atoms with Crippen LogP contribution in [-0.2, 0) is 0 Å². The van der Waals surface area contributed by atoms with Crippen LogP contribution >= 0.6 is 0 Å². The highest BCUT2D eigenvalue weighted by Gasteiger charge is 2.07. The van der Waals surface area contributed by atoms with Crippen LogP contribution in [0.2, 0.25) is 0 Å². The quantitative estimate of drug-likeness (QED) is 0.634. The fraction of sp³-hybridized carbons (Fsp3) is 0.0500. The van der Waals surface area contributed by atoms with Crippen molar-refractivity contribution in [2.24, 2.45) is 0 Å². The Morgan fingerprint density at radius 3 is 2.45 bits per heavy atom. The number of benzene rings is 3. The van der Waals surface area contributed by atoms with Gasteiger partial charge < -0.3 is 4.74 Å². The van der Waals surface area contributed by atoms with Crippen molar-refractivity contribution in [1.82, 2.24) is 0 Å². The molecular formula is C20H16O2.